The van der Waals surface area contributed by atoms with Gasteiger partial charge in [0.1, 0.15) is 11.9 Å². The van der Waals surface area contributed by atoms with Gasteiger partial charge in [0.15, 0.2) is 0 Å². The van der Waals surface area contributed by atoms with Crippen LogP contribution >= 0.6 is 0 Å². The number of rotatable bonds is 3. The van der Waals surface area contributed by atoms with E-state index in [0.717, 1.165) is 24.3 Å². The Kier molecular flexibility index (Phi) is 5.86. The molecule has 0 aromatic heterocycles. The monoisotopic (exact) mass is 434 g/mol. The first kappa shape index (κ1) is 21.7. The highest BCUT2D eigenvalue weighted by molar-refractivity contribution is 5.75. The topological polar surface area (TPSA) is 26.3 Å². The van der Waals surface area contributed by atoms with Crippen LogP contribution in [0.15, 0.2) is 54.1 Å². The van der Waals surface area contributed by atoms with Crippen molar-refractivity contribution in [1.29, 1.82) is 0 Å². The zero-order chi connectivity index (χ0) is 22.4. The third kappa shape index (κ3) is 4.00. The van der Waals surface area contributed by atoms with Gasteiger partial charge in [0.2, 0.25) is 0 Å². The van der Waals surface area contributed by atoms with E-state index in [1.807, 2.05) is 6.07 Å². The summed E-state index contributed by atoms with van der Waals surface area (Å²) < 4.78 is 19.4. The molecule has 1 aliphatic heterocycles. The second kappa shape index (κ2) is 8.65. The van der Waals surface area contributed by atoms with Crippen LogP contribution in [0.25, 0.3) is 5.57 Å². The van der Waals surface area contributed by atoms with Gasteiger partial charge in [0.25, 0.3) is 0 Å². The number of esters is 1. The molecule has 1 saturated heterocycles. The minimum absolute atomic E-state index is 0.0150. The molecule has 0 amide bonds. The van der Waals surface area contributed by atoms with E-state index in [0.29, 0.717) is 29.6 Å². The highest BCUT2D eigenvalue weighted by Gasteiger charge is 2.54. The lowest BCUT2D eigenvalue weighted by atomic mass is 9.56. The number of carbonyl (C=O) groups is 1. The van der Waals surface area contributed by atoms with Crippen LogP contribution in [-0.4, -0.2) is 12.1 Å². The van der Waals surface area contributed by atoms with Gasteiger partial charge in [-0.25, -0.2) is 4.39 Å². The molecule has 1 aromatic rings. The van der Waals surface area contributed by atoms with Crippen LogP contribution in [0, 0.1) is 47.2 Å². The van der Waals surface area contributed by atoms with Crippen molar-refractivity contribution in [3.63, 3.8) is 0 Å². The van der Waals surface area contributed by atoms with Crippen molar-refractivity contribution >= 4 is 11.5 Å². The van der Waals surface area contributed by atoms with Gasteiger partial charge in [0, 0.05) is 5.92 Å². The van der Waals surface area contributed by atoms with E-state index in [1.165, 1.54) is 36.5 Å². The predicted molar refractivity (Wildman–Crippen MR) is 126 cm³/mol. The van der Waals surface area contributed by atoms with Crippen LogP contribution in [0.1, 0.15) is 58.4 Å². The molecule has 4 aliphatic rings. The fourth-order valence-corrected chi connectivity index (χ4v) is 7.15. The summed E-state index contributed by atoms with van der Waals surface area (Å²) in [5.74, 6) is 3.07. The van der Waals surface area contributed by atoms with E-state index in [9.17, 15) is 9.18 Å². The molecule has 0 spiro atoms. The van der Waals surface area contributed by atoms with Crippen LogP contribution in [0.5, 0.6) is 0 Å². The zero-order valence-corrected chi connectivity index (χ0v) is 19.5. The van der Waals surface area contributed by atoms with Crippen molar-refractivity contribution in [3.05, 3.63) is 65.5 Å². The predicted octanol–water partition coefficient (Wildman–Crippen LogP) is 6.98. The first-order valence-electron chi connectivity index (χ1n) is 12.5. The molecular formula is C29H35FO2. The van der Waals surface area contributed by atoms with Gasteiger partial charge in [-0.05, 0) is 91.0 Å². The van der Waals surface area contributed by atoms with E-state index >= 15 is 0 Å². The van der Waals surface area contributed by atoms with Crippen LogP contribution in [0.3, 0.4) is 0 Å². The number of cyclic esters (lactones) is 1. The molecule has 3 heteroatoms. The molecule has 5 rings (SSSR count). The summed E-state index contributed by atoms with van der Waals surface area (Å²) in [4.78, 5) is 12.6. The van der Waals surface area contributed by atoms with E-state index < -0.39 is 0 Å². The van der Waals surface area contributed by atoms with E-state index in [1.54, 1.807) is 12.1 Å². The average Bonchev–Trinajstić information content (AvgIpc) is 3.04. The van der Waals surface area contributed by atoms with E-state index in [4.69, 9.17) is 4.74 Å². The van der Waals surface area contributed by atoms with Crippen LogP contribution in [0.4, 0.5) is 4.39 Å². The summed E-state index contributed by atoms with van der Waals surface area (Å²) in [6.45, 7) is 6.67. The van der Waals surface area contributed by atoms with Crippen molar-refractivity contribution in [2.75, 3.05) is 0 Å². The Balaban J connectivity index is 1.40. The molecule has 0 radical (unpaired) electrons. The Hall–Kier alpha value is -2.16. The number of ether oxygens (including phenoxy) is 1. The van der Waals surface area contributed by atoms with Gasteiger partial charge in [-0.2, -0.15) is 0 Å². The largest absolute Gasteiger partial charge is 0.462 e. The molecule has 3 aliphatic carbocycles. The third-order valence-corrected chi connectivity index (χ3v) is 8.65. The van der Waals surface area contributed by atoms with Gasteiger partial charge in [-0.3, -0.25) is 4.79 Å². The molecule has 8 atom stereocenters. The lowest BCUT2D eigenvalue weighted by Gasteiger charge is -2.47. The Labute approximate surface area is 191 Å². The maximum Gasteiger partial charge on any atom is 0.309 e. The number of hydrogen-bond acceptors (Lipinski definition) is 2. The quantitative estimate of drug-likeness (QED) is 0.480. The second-order valence-corrected chi connectivity index (χ2v) is 10.8. The molecule has 1 heterocycles. The molecule has 2 nitrogen and oxygen atoms in total. The Bertz CT molecular complexity index is 973. The standard InChI is InChI=1S/C29H35FO2/c1-17-7-10-25-22(13-17)16-27-28(19(3)32-29(27)31)26(25)12-9-20-8-11-24(18(2)14-20)21-5-4-6-23(30)15-21/h4-6,8-9,11-12,15,17-19,22,25-28H,7,10,13-14,16H2,1-3H3/b12-9+/t17-,18?,19-,22-,25+,26+,27+,28-/m0/s1. The first-order valence-corrected chi connectivity index (χ1v) is 12.5. The summed E-state index contributed by atoms with van der Waals surface area (Å²) >= 11 is 0. The Morgan fingerprint density at radius 1 is 1.09 bits per heavy atom. The minimum Gasteiger partial charge on any atom is -0.462 e. The zero-order valence-electron chi connectivity index (χ0n) is 19.5. The van der Waals surface area contributed by atoms with Gasteiger partial charge >= 0.3 is 5.97 Å². The minimum atomic E-state index is -0.184. The van der Waals surface area contributed by atoms with Gasteiger partial charge in [-0.1, -0.05) is 56.7 Å². The fourth-order valence-electron chi connectivity index (χ4n) is 7.15. The molecule has 1 aromatic carbocycles. The number of allylic oxidation sites excluding steroid dienone is 6. The molecule has 2 saturated carbocycles. The molecule has 32 heavy (non-hydrogen) atoms. The maximum atomic E-state index is 13.7. The number of carbonyl (C=O) groups excluding carboxylic acids is 1. The third-order valence-electron chi connectivity index (χ3n) is 8.65. The highest BCUT2D eigenvalue weighted by atomic mass is 19.1. The van der Waals surface area contributed by atoms with Crippen molar-refractivity contribution < 1.29 is 13.9 Å². The molecule has 1 unspecified atom stereocenters. The van der Waals surface area contributed by atoms with Gasteiger partial charge < -0.3 is 4.74 Å². The first-order chi connectivity index (χ1) is 15.4. The number of hydrogen-bond donors (Lipinski definition) is 0. The average molecular weight is 435 g/mol. The number of fused-ring (bicyclic) bond motifs is 2. The van der Waals surface area contributed by atoms with Crippen molar-refractivity contribution in [2.45, 2.75) is 59.0 Å². The van der Waals surface area contributed by atoms with Gasteiger partial charge in [0.05, 0.1) is 5.92 Å². The van der Waals surface area contributed by atoms with Gasteiger partial charge in [-0.15, -0.1) is 0 Å². The Morgan fingerprint density at radius 2 is 1.94 bits per heavy atom. The number of halogens is 1. The Morgan fingerprint density at radius 3 is 2.72 bits per heavy atom. The SMILES string of the molecule is CC1CC(/C=C/[C@@H]2[C@@H]3CC[C@H](C)C[C@H]3C[C@H]3C(=O)O[C@@H](C)[C@@H]23)=CC=C1c1cccc(F)c1. The summed E-state index contributed by atoms with van der Waals surface area (Å²) in [6, 6.07) is 6.90. The van der Waals surface area contributed by atoms with E-state index in [2.05, 4.69) is 45.1 Å². The normalized spacial score (nSPS) is 39.2. The van der Waals surface area contributed by atoms with Crippen molar-refractivity contribution in [1.82, 2.24) is 0 Å². The summed E-state index contributed by atoms with van der Waals surface area (Å²) in [7, 11) is 0. The van der Waals surface area contributed by atoms with Crippen LogP contribution in [0.2, 0.25) is 0 Å². The summed E-state index contributed by atoms with van der Waals surface area (Å²) in [5.41, 5.74) is 3.49. The van der Waals surface area contributed by atoms with Crippen molar-refractivity contribution in [2.24, 2.45) is 41.4 Å². The van der Waals surface area contributed by atoms with Crippen LogP contribution in [-0.2, 0) is 9.53 Å². The number of benzene rings is 1. The molecule has 170 valence electrons. The smallest absolute Gasteiger partial charge is 0.309 e. The second-order valence-electron chi connectivity index (χ2n) is 10.8. The lowest BCUT2D eigenvalue weighted by molar-refractivity contribution is -0.144. The van der Waals surface area contributed by atoms with Crippen LogP contribution < -0.4 is 0 Å². The molecule has 0 N–H and O–H groups in total. The molecule has 3 fully saturated rings. The fraction of sp³-hybridized carbons (Fsp3) is 0.552. The molecule has 0 bridgehead atoms. The highest BCUT2D eigenvalue weighted by Crippen LogP contribution is 2.54. The summed E-state index contributed by atoms with van der Waals surface area (Å²) in [5, 5.41) is 0. The maximum absolute atomic E-state index is 13.7. The van der Waals surface area contributed by atoms with E-state index in [-0.39, 0.29) is 23.8 Å². The van der Waals surface area contributed by atoms with Crippen molar-refractivity contribution in [3.8, 4) is 0 Å². The summed E-state index contributed by atoms with van der Waals surface area (Å²) in [6.07, 6.45) is 14.9. The lowest BCUT2D eigenvalue weighted by Crippen LogP contribution is -2.43. The molecular weight excluding hydrogens is 399 g/mol.